The fourth-order valence-electron chi connectivity index (χ4n) is 2.48. The normalized spacial score (nSPS) is 19.6. The average molecular weight is 218 g/mol. The molecule has 0 fully saturated rings. The van der Waals surface area contributed by atoms with Crippen LogP contribution in [0.3, 0.4) is 0 Å². The molecule has 1 unspecified atom stereocenters. The van der Waals surface area contributed by atoms with Crippen LogP contribution in [0.1, 0.15) is 31.7 Å². The van der Waals surface area contributed by atoms with Gasteiger partial charge in [0.05, 0.1) is 0 Å². The van der Waals surface area contributed by atoms with Crippen molar-refractivity contribution in [3.63, 3.8) is 0 Å². The molecule has 2 N–H and O–H groups in total. The van der Waals surface area contributed by atoms with Crippen molar-refractivity contribution in [1.82, 2.24) is 0 Å². The first-order chi connectivity index (χ1) is 7.81. The highest BCUT2D eigenvalue weighted by Crippen LogP contribution is 2.26. The summed E-state index contributed by atoms with van der Waals surface area (Å²) in [4.78, 5) is 2.46. The molecule has 0 radical (unpaired) electrons. The summed E-state index contributed by atoms with van der Waals surface area (Å²) in [5, 5.41) is 0. The van der Waals surface area contributed by atoms with Gasteiger partial charge in [-0.15, -0.1) is 0 Å². The van der Waals surface area contributed by atoms with Gasteiger partial charge in [0.25, 0.3) is 0 Å². The Morgan fingerprint density at radius 3 is 2.94 bits per heavy atom. The van der Waals surface area contributed by atoms with E-state index in [0.29, 0.717) is 6.04 Å². The fourth-order valence-corrected chi connectivity index (χ4v) is 2.48. The third kappa shape index (κ3) is 2.56. The molecule has 2 rings (SSSR count). The van der Waals surface area contributed by atoms with Crippen LogP contribution in [0.25, 0.3) is 0 Å². The molecule has 2 heteroatoms. The molecule has 0 aliphatic carbocycles. The van der Waals surface area contributed by atoms with Gasteiger partial charge in [-0.3, -0.25) is 0 Å². The van der Waals surface area contributed by atoms with E-state index >= 15 is 0 Å². The average Bonchev–Trinajstić information content (AvgIpc) is 2.29. The van der Waals surface area contributed by atoms with E-state index in [-0.39, 0.29) is 0 Å². The van der Waals surface area contributed by atoms with Crippen LogP contribution in [0.2, 0.25) is 0 Å². The summed E-state index contributed by atoms with van der Waals surface area (Å²) in [5.41, 5.74) is 8.92. The van der Waals surface area contributed by atoms with Gasteiger partial charge < -0.3 is 10.6 Å². The van der Waals surface area contributed by atoms with Crippen molar-refractivity contribution in [2.24, 2.45) is 5.73 Å². The molecule has 0 saturated heterocycles. The van der Waals surface area contributed by atoms with Crippen molar-refractivity contribution in [3.8, 4) is 0 Å². The number of fused-ring (bicyclic) bond motifs is 1. The fraction of sp³-hybridized carbons (Fsp3) is 0.571. The first-order valence-corrected chi connectivity index (χ1v) is 6.39. The first kappa shape index (κ1) is 11.5. The van der Waals surface area contributed by atoms with Gasteiger partial charge in [0.2, 0.25) is 0 Å². The second-order valence-corrected chi connectivity index (χ2v) is 4.75. The summed E-state index contributed by atoms with van der Waals surface area (Å²) in [6.45, 7) is 4.41. The van der Waals surface area contributed by atoms with E-state index in [1.807, 2.05) is 0 Å². The highest BCUT2D eigenvalue weighted by Gasteiger charge is 2.20. The molecule has 1 aromatic rings. The van der Waals surface area contributed by atoms with E-state index in [1.54, 1.807) is 0 Å². The van der Waals surface area contributed by atoms with Crippen molar-refractivity contribution >= 4 is 5.69 Å². The second kappa shape index (κ2) is 5.35. The smallest absolute Gasteiger partial charge is 0.0399 e. The molecule has 0 aromatic heterocycles. The van der Waals surface area contributed by atoms with Gasteiger partial charge in [-0.1, -0.05) is 38.0 Å². The number of rotatable bonds is 4. The number of nitrogens with zero attached hydrogens (tertiary/aromatic N) is 1. The second-order valence-electron chi connectivity index (χ2n) is 4.75. The van der Waals surface area contributed by atoms with E-state index in [4.69, 9.17) is 5.73 Å². The predicted molar refractivity (Wildman–Crippen MR) is 69.9 cm³/mol. The molecule has 0 bridgehead atoms. The highest BCUT2D eigenvalue weighted by atomic mass is 15.1. The lowest BCUT2D eigenvalue weighted by Crippen LogP contribution is -2.43. The van der Waals surface area contributed by atoms with Crippen LogP contribution < -0.4 is 10.6 Å². The predicted octanol–water partition coefficient (Wildman–Crippen LogP) is 2.57. The van der Waals surface area contributed by atoms with Crippen LogP contribution in [0, 0.1) is 0 Å². The van der Waals surface area contributed by atoms with E-state index < -0.39 is 0 Å². The van der Waals surface area contributed by atoms with Gasteiger partial charge in [-0.25, -0.2) is 0 Å². The molecular formula is C14H22N2. The summed E-state index contributed by atoms with van der Waals surface area (Å²) in [7, 11) is 0. The van der Waals surface area contributed by atoms with Gasteiger partial charge in [-0.05, 0) is 24.5 Å². The van der Waals surface area contributed by atoms with Crippen LogP contribution in [0.4, 0.5) is 5.69 Å². The Bertz CT molecular complexity index is 335. The van der Waals surface area contributed by atoms with E-state index in [9.17, 15) is 0 Å². The monoisotopic (exact) mass is 218 g/mol. The van der Waals surface area contributed by atoms with Gasteiger partial charge in [0, 0.05) is 24.8 Å². The number of unbranched alkanes of at least 4 members (excludes halogenated alkanes) is 2. The summed E-state index contributed by atoms with van der Waals surface area (Å²) < 4.78 is 0. The highest BCUT2D eigenvalue weighted by molar-refractivity contribution is 5.56. The molecular weight excluding hydrogens is 196 g/mol. The van der Waals surface area contributed by atoms with Gasteiger partial charge in [0.15, 0.2) is 0 Å². The third-order valence-electron chi connectivity index (χ3n) is 3.30. The maximum absolute atomic E-state index is 6.10. The molecule has 1 aliphatic rings. The molecule has 1 heterocycles. The Balaban J connectivity index is 2.07. The summed E-state index contributed by atoms with van der Waals surface area (Å²) >= 11 is 0. The lowest BCUT2D eigenvalue weighted by molar-refractivity contribution is 0.580. The topological polar surface area (TPSA) is 29.3 Å². The minimum absolute atomic E-state index is 0.302. The van der Waals surface area contributed by atoms with Crippen LogP contribution in [-0.2, 0) is 6.42 Å². The first-order valence-electron chi connectivity index (χ1n) is 6.39. The van der Waals surface area contributed by atoms with E-state index in [0.717, 1.165) is 19.5 Å². The molecule has 1 aromatic carbocycles. The van der Waals surface area contributed by atoms with Crippen molar-refractivity contribution in [1.29, 1.82) is 0 Å². The van der Waals surface area contributed by atoms with Crippen molar-refractivity contribution in [2.75, 3.05) is 18.0 Å². The number of benzene rings is 1. The number of hydrogen-bond donors (Lipinski definition) is 1. The number of anilines is 1. The van der Waals surface area contributed by atoms with Gasteiger partial charge >= 0.3 is 0 Å². The molecule has 16 heavy (non-hydrogen) atoms. The minimum atomic E-state index is 0.302. The van der Waals surface area contributed by atoms with Crippen molar-refractivity contribution < 1.29 is 0 Å². The molecule has 2 nitrogen and oxygen atoms in total. The quantitative estimate of drug-likeness (QED) is 0.787. The maximum Gasteiger partial charge on any atom is 0.0399 e. The summed E-state index contributed by atoms with van der Waals surface area (Å²) in [6.07, 6.45) is 4.90. The zero-order valence-electron chi connectivity index (χ0n) is 10.2. The van der Waals surface area contributed by atoms with Crippen LogP contribution >= 0.6 is 0 Å². The standard InChI is InChI=1S/C14H22N2/c1-2-3-6-9-16-11-13(15)10-12-7-4-5-8-14(12)16/h4-5,7-8,13H,2-3,6,9-11,15H2,1H3. The Labute approximate surface area is 98.4 Å². The van der Waals surface area contributed by atoms with Gasteiger partial charge in [0.1, 0.15) is 0 Å². The molecule has 1 aliphatic heterocycles. The van der Waals surface area contributed by atoms with E-state index in [2.05, 4.69) is 36.1 Å². The minimum Gasteiger partial charge on any atom is -0.370 e. The Morgan fingerprint density at radius 2 is 2.12 bits per heavy atom. The Morgan fingerprint density at radius 1 is 1.31 bits per heavy atom. The molecule has 0 spiro atoms. The summed E-state index contributed by atoms with van der Waals surface area (Å²) in [5.74, 6) is 0. The zero-order chi connectivity index (χ0) is 11.4. The van der Waals surface area contributed by atoms with Crippen LogP contribution in [0.5, 0.6) is 0 Å². The lowest BCUT2D eigenvalue weighted by Gasteiger charge is -2.34. The van der Waals surface area contributed by atoms with E-state index in [1.165, 1.54) is 30.5 Å². The SMILES string of the molecule is CCCCCN1CC(N)Cc2ccccc21. The molecule has 1 atom stereocenters. The number of para-hydroxylation sites is 1. The van der Waals surface area contributed by atoms with Gasteiger partial charge in [-0.2, -0.15) is 0 Å². The Kier molecular flexibility index (Phi) is 3.83. The number of hydrogen-bond acceptors (Lipinski definition) is 2. The maximum atomic E-state index is 6.10. The lowest BCUT2D eigenvalue weighted by atomic mass is 9.98. The molecule has 88 valence electrons. The zero-order valence-corrected chi connectivity index (χ0v) is 10.2. The van der Waals surface area contributed by atoms with Crippen LogP contribution in [-0.4, -0.2) is 19.1 Å². The Hall–Kier alpha value is -1.02. The third-order valence-corrected chi connectivity index (χ3v) is 3.30. The van der Waals surface area contributed by atoms with Crippen LogP contribution in [0.15, 0.2) is 24.3 Å². The molecule has 0 amide bonds. The van der Waals surface area contributed by atoms with Crippen molar-refractivity contribution in [2.45, 2.75) is 38.6 Å². The largest absolute Gasteiger partial charge is 0.370 e. The molecule has 0 saturated carbocycles. The number of nitrogens with two attached hydrogens (primary N) is 1. The summed E-state index contributed by atoms with van der Waals surface area (Å²) in [6, 6.07) is 8.98. The van der Waals surface area contributed by atoms with Crippen molar-refractivity contribution in [3.05, 3.63) is 29.8 Å².